The Bertz CT molecular complexity index is 4350. The minimum absolute atomic E-state index is 0.0202. The first-order valence-corrected chi connectivity index (χ1v) is 29.2. The van der Waals surface area contributed by atoms with Crippen LogP contribution in [0.5, 0.6) is 0 Å². The summed E-state index contributed by atoms with van der Waals surface area (Å²) in [7, 11) is 0. The minimum Gasteiger partial charge on any atom is -0.310 e. The van der Waals surface area contributed by atoms with Gasteiger partial charge in [-0.25, -0.2) is 0 Å². The molecule has 0 saturated heterocycles. The van der Waals surface area contributed by atoms with Crippen molar-refractivity contribution in [1.82, 2.24) is 0 Å². The van der Waals surface area contributed by atoms with E-state index in [1.807, 2.05) is 34.4 Å². The molecule has 0 fully saturated rings. The Morgan fingerprint density at radius 1 is 0.377 bits per heavy atom. The second-order valence-corrected chi connectivity index (χ2v) is 26.1. The summed E-state index contributed by atoms with van der Waals surface area (Å²) in [6.45, 7) is 13.8. The lowest BCUT2D eigenvalue weighted by molar-refractivity contribution is 0.590. The lowest BCUT2D eigenvalue weighted by atomic mass is 9.36. The number of nitrogens with zero attached hydrogens (tertiary/aromatic N) is 3. The van der Waals surface area contributed by atoms with Gasteiger partial charge < -0.3 is 14.7 Å². The fourth-order valence-corrected chi connectivity index (χ4v) is 16.0. The molecule has 0 unspecified atom stereocenters. The largest absolute Gasteiger partial charge is 0.310 e. The van der Waals surface area contributed by atoms with E-state index in [0.717, 1.165) is 17.1 Å². The molecule has 12 aromatic rings. The lowest BCUT2D eigenvalue weighted by Gasteiger charge is -2.44. The molecule has 0 radical (unpaired) electrons. The number of para-hydroxylation sites is 1. The summed E-state index contributed by atoms with van der Waals surface area (Å²) in [5.41, 5.74) is 20.8. The van der Waals surface area contributed by atoms with Crippen LogP contribution in [0.15, 0.2) is 228 Å². The highest BCUT2D eigenvalue weighted by Gasteiger charge is 2.46. The topological polar surface area (TPSA) is 9.72 Å². The van der Waals surface area contributed by atoms with E-state index in [9.17, 15) is 0 Å². The number of hydrogen-bond acceptors (Lipinski definition) is 6. The zero-order valence-electron chi connectivity index (χ0n) is 43.9. The average molecular weight is 1040 g/mol. The summed E-state index contributed by atoms with van der Waals surface area (Å²) >= 11 is 5.77. The maximum absolute atomic E-state index is 2.67. The molecule has 0 N–H and O–H groups in total. The minimum atomic E-state index is -0.0400. The maximum atomic E-state index is 2.67. The van der Waals surface area contributed by atoms with Gasteiger partial charge in [0.1, 0.15) is 0 Å². The molecule has 10 aromatic carbocycles. The Morgan fingerprint density at radius 2 is 1.04 bits per heavy atom. The van der Waals surface area contributed by atoms with Crippen molar-refractivity contribution in [3.8, 4) is 22.3 Å². The number of benzene rings is 10. The van der Waals surface area contributed by atoms with Crippen LogP contribution in [0.4, 0.5) is 51.2 Å². The molecule has 2 aromatic heterocycles. The van der Waals surface area contributed by atoms with Crippen molar-refractivity contribution in [3.05, 3.63) is 230 Å². The maximum Gasteiger partial charge on any atom is 0.264 e. The van der Waals surface area contributed by atoms with Gasteiger partial charge in [-0.05, 0) is 135 Å². The molecule has 3 nitrogen and oxygen atoms in total. The monoisotopic (exact) mass is 1040 g/mol. The normalized spacial score (nSPS) is 13.7. The molecule has 0 atom stereocenters. The quantitative estimate of drug-likeness (QED) is 0.162. The standard InChI is InChI=1S/C70H54BN3S3/c1-69(2,3)46-29-32-48(33-30-46)73-57-24-17-25-58-64(57)71(68-65(73)53-40-45(28-38-61(53)77-68)43-18-9-7-10-19-43)54-36-34-49-42-59(54)74(58)66-63(39-35-51-50-22-13-15-26-60(50)76-67(51)66)75-62-27-16-14-23-56(62)72(49)55-37-31-47(70(4,5)6)41-52(55)44-20-11-8-12-21-44/h7-42H,1-6H3. The van der Waals surface area contributed by atoms with Crippen LogP contribution in [-0.4, -0.2) is 6.71 Å². The highest BCUT2D eigenvalue weighted by molar-refractivity contribution is 7.99. The Morgan fingerprint density at radius 3 is 1.82 bits per heavy atom. The summed E-state index contributed by atoms with van der Waals surface area (Å²) < 4.78 is 5.25. The molecular formula is C70H54BN3S3. The van der Waals surface area contributed by atoms with Crippen LogP contribution >= 0.6 is 34.4 Å². The first-order valence-electron chi connectivity index (χ1n) is 26.8. The SMILES string of the molecule is CC(C)(C)c1ccc(N2c3cccc4c3B(c3ccc5cc3N4c3c(ccc4c3sc3ccccc34)Sc3ccccc3N5c3ccc(C(C)(C)C)cc3-c3ccccc3)c3sc4ccc(-c5ccccc5)cc4c32)cc1. The summed E-state index contributed by atoms with van der Waals surface area (Å²) in [5, 5.41) is 3.86. The van der Waals surface area contributed by atoms with Crippen molar-refractivity contribution < 1.29 is 0 Å². The third-order valence-electron chi connectivity index (χ3n) is 16.1. The zero-order valence-corrected chi connectivity index (χ0v) is 46.4. The molecule has 2 bridgehead atoms. The van der Waals surface area contributed by atoms with E-state index in [1.165, 1.54) is 123 Å². The van der Waals surface area contributed by atoms with Gasteiger partial charge in [0, 0.05) is 74.1 Å². The van der Waals surface area contributed by atoms with Crippen LogP contribution < -0.4 is 30.4 Å². The van der Waals surface area contributed by atoms with Crippen molar-refractivity contribution in [2.24, 2.45) is 0 Å². The van der Waals surface area contributed by atoms with Crippen LogP contribution in [0.3, 0.4) is 0 Å². The first-order chi connectivity index (χ1) is 37.5. The number of hydrogen-bond donors (Lipinski definition) is 0. The molecule has 3 aliphatic rings. The number of thiophene rings is 2. The smallest absolute Gasteiger partial charge is 0.264 e. The van der Waals surface area contributed by atoms with Gasteiger partial charge in [-0.1, -0.05) is 187 Å². The first kappa shape index (κ1) is 46.5. The fraction of sp³-hybridized carbons (Fsp3) is 0.114. The Kier molecular flexibility index (Phi) is 10.5. The number of anilines is 9. The molecule has 0 spiro atoms. The van der Waals surface area contributed by atoms with Crippen molar-refractivity contribution in [1.29, 1.82) is 0 Å². The summed E-state index contributed by atoms with van der Waals surface area (Å²) in [4.78, 5) is 10.2. The van der Waals surface area contributed by atoms with Gasteiger partial charge in [0.2, 0.25) is 0 Å². The molecule has 0 amide bonds. The summed E-state index contributed by atoms with van der Waals surface area (Å²) in [5.74, 6) is 0. The lowest BCUT2D eigenvalue weighted by Crippen LogP contribution is -2.60. The molecule has 370 valence electrons. The zero-order chi connectivity index (χ0) is 51.9. The van der Waals surface area contributed by atoms with Crippen LogP contribution in [0.2, 0.25) is 0 Å². The van der Waals surface area contributed by atoms with Crippen LogP contribution in [0.25, 0.3) is 52.5 Å². The molecule has 0 saturated carbocycles. The van der Waals surface area contributed by atoms with Gasteiger partial charge in [-0.2, -0.15) is 0 Å². The number of fused-ring (bicyclic) bond motifs is 14. The van der Waals surface area contributed by atoms with E-state index in [4.69, 9.17) is 0 Å². The Hall–Kier alpha value is -7.81. The molecular weight excluding hydrogens is 990 g/mol. The van der Waals surface area contributed by atoms with Crippen LogP contribution in [0.1, 0.15) is 52.7 Å². The predicted octanol–water partition coefficient (Wildman–Crippen LogP) is 19.2. The summed E-state index contributed by atoms with van der Waals surface area (Å²) in [6, 6.07) is 82.9. The van der Waals surface area contributed by atoms with E-state index in [1.54, 1.807) is 0 Å². The highest BCUT2D eigenvalue weighted by Crippen LogP contribution is 2.57. The predicted molar refractivity (Wildman–Crippen MR) is 336 cm³/mol. The van der Waals surface area contributed by atoms with Gasteiger partial charge in [0.25, 0.3) is 6.71 Å². The van der Waals surface area contributed by atoms with Crippen LogP contribution in [-0.2, 0) is 10.8 Å². The average Bonchev–Trinajstić information content (AvgIpc) is 4.12. The fourth-order valence-electron chi connectivity index (χ4n) is 12.3. The van der Waals surface area contributed by atoms with E-state index in [-0.39, 0.29) is 17.5 Å². The third-order valence-corrected chi connectivity index (χ3v) is 19.7. The van der Waals surface area contributed by atoms with E-state index < -0.39 is 0 Å². The van der Waals surface area contributed by atoms with E-state index in [2.05, 4.69) is 275 Å². The van der Waals surface area contributed by atoms with Gasteiger partial charge in [-0.3, -0.25) is 0 Å². The Balaban J connectivity index is 1.05. The van der Waals surface area contributed by atoms with Crippen molar-refractivity contribution in [2.45, 2.75) is 62.2 Å². The molecule has 77 heavy (non-hydrogen) atoms. The van der Waals surface area contributed by atoms with Crippen LogP contribution in [0, 0.1) is 0 Å². The van der Waals surface area contributed by atoms with Crippen molar-refractivity contribution in [3.63, 3.8) is 0 Å². The van der Waals surface area contributed by atoms with Crippen molar-refractivity contribution in [2.75, 3.05) is 14.7 Å². The number of rotatable bonds is 4. The van der Waals surface area contributed by atoms with E-state index >= 15 is 0 Å². The van der Waals surface area contributed by atoms with Gasteiger partial charge in [0.05, 0.1) is 27.4 Å². The van der Waals surface area contributed by atoms with E-state index in [0.29, 0.717) is 0 Å². The van der Waals surface area contributed by atoms with Gasteiger partial charge in [0.15, 0.2) is 0 Å². The molecule has 0 aliphatic carbocycles. The van der Waals surface area contributed by atoms with Gasteiger partial charge in [-0.15, -0.1) is 22.7 Å². The van der Waals surface area contributed by atoms with Gasteiger partial charge >= 0.3 is 0 Å². The molecule has 3 aliphatic heterocycles. The second kappa shape index (κ2) is 17.4. The molecule has 15 rings (SSSR count). The molecule has 7 heteroatoms. The second-order valence-electron chi connectivity index (χ2n) is 22.9. The third kappa shape index (κ3) is 7.31. The van der Waals surface area contributed by atoms with Crippen molar-refractivity contribution >= 4 is 138 Å². The molecule has 5 heterocycles. The summed E-state index contributed by atoms with van der Waals surface area (Å²) in [6.07, 6.45) is 0. The highest BCUT2D eigenvalue weighted by atomic mass is 32.2. The Labute approximate surface area is 463 Å².